The number of benzene rings is 1. The van der Waals surface area contributed by atoms with Crippen molar-refractivity contribution in [3.63, 3.8) is 0 Å². The lowest BCUT2D eigenvalue weighted by molar-refractivity contribution is 0.0600. The lowest BCUT2D eigenvalue weighted by Crippen LogP contribution is -2.38. The quantitative estimate of drug-likeness (QED) is 0.502. The first kappa shape index (κ1) is 26.8. The van der Waals surface area contributed by atoms with Gasteiger partial charge in [-0.1, -0.05) is 26.2 Å². The zero-order chi connectivity index (χ0) is 25.9. The molecule has 1 aromatic heterocycles. The van der Waals surface area contributed by atoms with E-state index in [2.05, 4.69) is 17.1 Å². The highest BCUT2D eigenvalue weighted by atomic mass is 32.2. The van der Waals surface area contributed by atoms with Crippen molar-refractivity contribution >= 4 is 38.2 Å². The van der Waals surface area contributed by atoms with E-state index in [1.165, 1.54) is 47.0 Å². The number of nitrogens with zero attached hydrogens (tertiary/aromatic N) is 2. The number of sulfonamides is 1. The maximum atomic E-state index is 13.1. The number of hydrogen-bond acceptors (Lipinski definition) is 7. The Morgan fingerprint density at radius 1 is 1.17 bits per heavy atom. The molecular weight excluding hydrogens is 498 g/mol. The van der Waals surface area contributed by atoms with E-state index in [1.54, 1.807) is 7.05 Å². The van der Waals surface area contributed by atoms with Crippen molar-refractivity contribution in [2.24, 2.45) is 0 Å². The van der Waals surface area contributed by atoms with Crippen LogP contribution in [0.5, 0.6) is 0 Å². The lowest BCUT2D eigenvalue weighted by Gasteiger charge is -2.30. The smallest absolute Gasteiger partial charge is 0.341 e. The number of hydrogen-bond donors (Lipinski definition) is 1. The van der Waals surface area contributed by atoms with Gasteiger partial charge < -0.3 is 10.1 Å². The molecule has 1 aliphatic carbocycles. The average Bonchev–Trinajstić information content (AvgIpc) is 3.25. The van der Waals surface area contributed by atoms with Gasteiger partial charge >= 0.3 is 5.97 Å². The molecule has 1 fully saturated rings. The summed E-state index contributed by atoms with van der Waals surface area (Å²) in [7, 11) is -0.655. The maximum Gasteiger partial charge on any atom is 0.341 e. The van der Waals surface area contributed by atoms with E-state index in [0.29, 0.717) is 16.1 Å². The van der Waals surface area contributed by atoms with Gasteiger partial charge in [0.1, 0.15) is 5.00 Å². The highest BCUT2D eigenvalue weighted by Crippen LogP contribution is 2.38. The molecule has 0 spiro atoms. The predicted molar refractivity (Wildman–Crippen MR) is 141 cm³/mol. The Morgan fingerprint density at radius 3 is 2.50 bits per heavy atom. The second-order valence-electron chi connectivity index (χ2n) is 9.52. The molecule has 196 valence electrons. The summed E-state index contributed by atoms with van der Waals surface area (Å²) in [6.07, 6.45) is 6.76. The number of ether oxygens (including phenoxy) is 1. The molecule has 1 saturated carbocycles. The number of carbonyl (C=O) groups is 2. The molecule has 1 amide bonds. The minimum atomic E-state index is -3.64. The van der Waals surface area contributed by atoms with E-state index in [0.717, 1.165) is 75.0 Å². The Morgan fingerprint density at radius 2 is 1.86 bits per heavy atom. The van der Waals surface area contributed by atoms with Crippen LogP contribution >= 0.6 is 11.3 Å². The molecular formula is C26H35N3O5S2. The van der Waals surface area contributed by atoms with Crippen LogP contribution < -0.4 is 5.32 Å². The number of esters is 1. The van der Waals surface area contributed by atoms with E-state index in [4.69, 9.17) is 4.74 Å². The van der Waals surface area contributed by atoms with Gasteiger partial charge in [-0.15, -0.1) is 11.3 Å². The number of nitrogens with one attached hydrogen (secondary N) is 1. The van der Waals surface area contributed by atoms with E-state index < -0.39 is 21.9 Å². The van der Waals surface area contributed by atoms with Gasteiger partial charge in [-0.3, -0.25) is 9.69 Å². The fourth-order valence-electron chi connectivity index (χ4n) is 5.13. The zero-order valence-corrected chi connectivity index (χ0v) is 22.8. The predicted octanol–water partition coefficient (Wildman–Crippen LogP) is 4.51. The molecule has 4 rings (SSSR count). The molecule has 1 aromatic carbocycles. The number of thiophene rings is 1. The Balaban J connectivity index is 1.52. The Kier molecular flexibility index (Phi) is 8.49. The van der Waals surface area contributed by atoms with Gasteiger partial charge in [0, 0.05) is 36.6 Å². The topological polar surface area (TPSA) is 96.0 Å². The maximum absolute atomic E-state index is 13.1. The van der Waals surface area contributed by atoms with Crippen LogP contribution in [0.25, 0.3) is 0 Å². The summed E-state index contributed by atoms with van der Waals surface area (Å²) in [6.45, 7) is 4.73. The highest BCUT2D eigenvalue weighted by Gasteiger charge is 2.31. The monoisotopic (exact) mass is 533 g/mol. The highest BCUT2D eigenvalue weighted by molar-refractivity contribution is 7.89. The summed E-state index contributed by atoms with van der Waals surface area (Å²) in [5.41, 5.74) is 1.70. The Hall–Kier alpha value is -2.27. The van der Waals surface area contributed by atoms with E-state index in [9.17, 15) is 18.0 Å². The fraction of sp³-hybridized carbons (Fsp3) is 0.538. The summed E-state index contributed by atoms with van der Waals surface area (Å²) >= 11 is 1.41. The fourth-order valence-corrected chi connectivity index (χ4v) is 7.82. The molecule has 10 heteroatoms. The number of fused-ring (bicyclic) bond motifs is 1. The molecule has 36 heavy (non-hydrogen) atoms. The SMILES string of the molecule is CCCN1CCc2c(sc(NC(=O)c3ccc(S(=O)(=O)N(C)C4CCCCC4)cc3)c2C(=O)OC)C1. The third-order valence-electron chi connectivity index (χ3n) is 7.17. The second kappa shape index (κ2) is 11.4. The third-order valence-corrected chi connectivity index (χ3v) is 10.2. The largest absolute Gasteiger partial charge is 0.465 e. The van der Waals surface area contributed by atoms with Crippen molar-refractivity contribution in [3.05, 3.63) is 45.8 Å². The van der Waals surface area contributed by atoms with Gasteiger partial charge in [-0.05, 0) is 62.1 Å². The normalized spacial score (nSPS) is 17.1. The van der Waals surface area contributed by atoms with Gasteiger partial charge in [0.2, 0.25) is 10.0 Å². The zero-order valence-electron chi connectivity index (χ0n) is 21.2. The van der Waals surface area contributed by atoms with Crippen LogP contribution in [0.3, 0.4) is 0 Å². The summed E-state index contributed by atoms with van der Waals surface area (Å²) in [4.78, 5) is 29.2. The number of anilines is 1. The first-order valence-corrected chi connectivity index (χ1v) is 14.9. The van der Waals surface area contributed by atoms with Crippen molar-refractivity contribution in [1.29, 1.82) is 0 Å². The van der Waals surface area contributed by atoms with Crippen molar-refractivity contribution in [3.8, 4) is 0 Å². The van der Waals surface area contributed by atoms with Gasteiger partial charge in [0.05, 0.1) is 17.6 Å². The molecule has 1 aliphatic heterocycles. The van der Waals surface area contributed by atoms with E-state index >= 15 is 0 Å². The minimum Gasteiger partial charge on any atom is -0.465 e. The summed E-state index contributed by atoms with van der Waals surface area (Å²) in [5.74, 6) is -0.854. The molecule has 0 atom stereocenters. The second-order valence-corrected chi connectivity index (χ2v) is 12.6. The minimum absolute atomic E-state index is 0.0154. The standard InChI is InChI=1S/C26H35N3O5S2/c1-4-15-29-16-14-21-22(17-29)35-25(23(21)26(31)34-3)27-24(30)18-10-12-20(13-11-18)36(32,33)28(2)19-8-6-5-7-9-19/h10-13,19H,4-9,14-17H2,1-3H3,(H,27,30). The van der Waals surface area contributed by atoms with Crippen molar-refractivity contribution in [2.45, 2.75) is 69.4 Å². The Bertz CT molecular complexity index is 1200. The van der Waals surface area contributed by atoms with Gasteiger partial charge in [0.25, 0.3) is 5.91 Å². The first-order valence-electron chi connectivity index (χ1n) is 12.6. The van der Waals surface area contributed by atoms with Gasteiger partial charge in [0.15, 0.2) is 0 Å². The van der Waals surface area contributed by atoms with Crippen LogP contribution in [0.1, 0.15) is 76.6 Å². The van der Waals surface area contributed by atoms with Gasteiger partial charge in [-0.25, -0.2) is 13.2 Å². The van der Waals surface area contributed by atoms with E-state index in [1.807, 2.05) is 0 Å². The van der Waals surface area contributed by atoms with Crippen LogP contribution in [0.2, 0.25) is 0 Å². The summed E-state index contributed by atoms with van der Waals surface area (Å²) < 4.78 is 32.7. The summed E-state index contributed by atoms with van der Waals surface area (Å²) in [5, 5.41) is 3.35. The lowest BCUT2D eigenvalue weighted by atomic mass is 9.96. The average molecular weight is 534 g/mol. The third kappa shape index (κ3) is 5.51. The molecule has 2 aromatic rings. The molecule has 0 radical (unpaired) electrons. The van der Waals surface area contributed by atoms with Crippen LogP contribution in [-0.2, 0) is 27.7 Å². The number of carbonyl (C=O) groups excluding carboxylic acids is 2. The van der Waals surface area contributed by atoms with Crippen LogP contribution in [0.15, 0.2) is 29.2 Å². The van der Waals surface area contributed by atoms with Crippen LogP contribution in [-0.4, -0.2) is 62.8 Å². The van der Waals surface area contributed by atoms with Crippen molar-refractivity contribution < 1.29 is 22.7 Å². The molecule has 1 N–H and O–H groups in total. The van der Waals surface area contributed by atoms with Crippen molar-refractivity contribution in [1.82, 2.24) is 9.21 Å². The van der Waals surface area contributed by atoms with Crippen LogP contribution in [0.4, 0.5) is 5.00 Å². The molecule has 8 nitrogen and oxygen atoms in total. The number of methoxy groups -OCH3 is 1. The van der Waals surface area contributed by atoms with Gasteiger partial charge in [-0.2, -0.15) is 4.31 Å². The van der Waals surface area contributed by atoms with E-state index in [-0.39, 0.29) is 10.9 Å². The number of amides is 1. The molecule has 2 aliphatic rings. The molecule has 0 bridgehead atoms. The molecule has 0 unspecified atom stereocenters. The Labute approximate surface area is 217 Å². The molecule has 0 saturated heterocycles. The van der Waals surface area contributed by atoms with Crippen molar-refractivity contribution in [2.75, 3.05) is 32.6 Å². The first-order chi connectivity index (χ1) is 17.3. The summed E-state index contributed by atoms with van der Waals surface area (Å²) in [6, 6.07) is 6.01. The van der Waals surface area contributed by atoms with Crippen LogP contribution in [0, 0.1) is 0 Å². The molecule has 2 heterocycles. The number of rotatable bonds is 8.